The van der Waals surface area contributed by atoms with Gasteiger partial charge in [0.05, 0.1) is 30.4 Å². The van der Waals surface area contributed by atoms with Crippen LogP contribution in [0.2, 0.25) is 0 Å². The van der Waals surface area contributed by atoms with E-state index in [0.29, 0.717) is 23.4 Å². The number of nitrogens with zero attached hydrogens (tertiary/aromatic N) is 4. The molecular formula is C25H21F4N5O. The van der Waals surface area contributed by atoms with Gasteiger partial charge in [0.25, 0.3) is 0 Å². The number of amides is 1. The highest BCUT2D eigenvalue weighted by Crippen LogP contribution is 2.33. The van der Waals surface area contributed by atoms with E-state index in [0.717, 1.165) is 11.8 Å². The maximum Gasteiger partial charge on any atom is 0.416 e. The molecule has 0 radical (unpaired) electrons. The van der Waals surface area contributed by atoms with Gasteiger partial charge < -0.3 is 9.88 Å². The van der Waals surface area contributed by atoms with Gasteiger partial charge in [0.15, 0.2) is 0 Å². The van der Waals surface area contributed by atoms with Crippen molar-refractivity contribution in [3.63, 3.8) is 0 Å². The second-order valence-electron chi connectivity index (χ2n) is 8.15. The number of aromatic nitrogens is 4. The Morgan fingerprint density at radius 2 is 1.77 bits per heavy atom. The predicted molar refractivity (Wildman–Crippen MR) is 122 cm³/mol. The maximum absolute atomic E-state index is 14.7. The summed E-state index contributed by atoms with van der Waals surface area (Å²) in [7, 11) is 1.87. The van der Waals surface area contributed by atoms with Gasteiger partial charge in [0, 0.05) is 36.9 Å². The minimum absolute atomic E-state index is 0.00658. The zero-order chi connectivity index (χ0) is 25.2. The van der Waals surface area contributed by atoms with Gasteiger partial charge in [-0.1, -0.05) is 18.2 Å². The number of carbonyl (C=O) groups excluding carboxylic acids is 1. The number of carbonyl (C=O) groups is 1. The number of alkyl halides is 3. The van der Waals surface area contributed by atoms with Crippen molar-refractivity contribution < 1.29 is 22.4 Å². The predicted octanol–water partition coefficient (Wildman–Crippen LogP) is 5.12. The van der Waals surface area contributed by atoms with Crippen molar-refractivity contribution in [2.75, 3.05) is 5.32 Å². The molecule has 4 rings (SSSR count). The molecule has 6 nitrogen and oxygen atoms in total. The molecule has 0 atom stereocenters. The molecule has 0 unspecified atom stereocenters. The monoisotopic (exact) mass is 483 g/mol. The molecule has 2 aromatic heterocycles. The van der Waals surface area contributed by atoms with Gasteiger partial charge in [0.1, 0.15) is 11.6 Å². The van der Waals surface area contributed by atoms with Crippen molar-refractivity contribution in [2.24, 2.45) is 7.05 Å². The zero-order valence-corrected chi connectivity index (χ0v) is 18.9. The van der Waals surface area contributed by atoms with Crippen LogP contribution in [0.25, 0.3) is 11.1 Å². The average Bonchev–Trinajstić information content (AvgIpc) is 3.20. The topological polar surface area (TPSA) is 72.7 Å². The molecule has 4 aromatic rings. The van der Waals surface area contributed by atoms with Crippen LogP contribution in [0.15, 0.2) is 61.3 Å². The van der Waals surface area contributed by atoms with Crippen LogP contribution in [-0.2, 0) is 30.9 Å². The molecule has 0 aliphatic carbocycles. The Hall–Kier alpha value is -4.08. The molecule has 2 heterocycles. The van der Waals surface area contributed by atoms with E-state index in [1.807, 2.05) is 17.8 Å². The van der Waals surface area contributed by atoms with Crippen LogP contribution < -0.4 is 5.32 Å². The fourth-order valence-electron chi connectivity index (χ4n) is 3.57. The van der Waals surface area contributed by atoms with Crippen molar-refractivity contribution in [3.8, 4) is 11.1 Å². The van der Waals surface area contributed by atoms with Crippen molar-refractivity contribution in [1.29, 1.82) is 0 Å². The molecule has 35 heavy (non-hydrogen) atoms. The van der Waals surface area contributed by atoms with Crippen molar-refractivity contribution in [3.05, 3.63) is 95.3 Å². The van der Waals surface area contributed by atoms with E-state index >= 15 is 0 Å². The average molecular weight is 483 g/mol. The number of hydrogen-bond donors (Lipinski definition) is 1. The summed E-state index contributed by atoms with van der Waals surface area (Å²) in [6.07, 6.45) is 2.33. The molecule has 0 saturated carbocycles. The Kier molecular flexibility index (Phi) is 6.63. The molecule has 1 N–H and O–H groups in total. The summed E-state index contributed by atoms with van der Waals surface area (Å²) < 4.78 is 55.8. The summed E-state index contributed by atoms with van der Waals surface area (Å²) in [6.45, 7) is 1.34. The number of imidazole rings is 1. The number of nitrogens with one attached hydrogen (secondary N) is 1. The van der Waals surface area contributed by atoms with Gasteiger partial charge in [-0.2, -0.15) is 13.2 Å². The fraction of sp³-hybridized carbons (Fsp3) is 0.200. The highest BCUT2D eigenvalue weighted by Gasteiger charge is 2.32. The molecule has 0 aliphatic heterocycles. The van der Waals surface area contributed by atoms with Crippen LogP contribution in [0, 0.1) is 12.7 Å². The standard InChI is InChI=1S/C25H21F4N5O/c1-15-3-6-19(9-21(15)25(27,28)29)33-24(35)8-17-5-4-16(7-22(17)26)18-11-30-23(31-12-18)10-20-13-34(2)14-32-20/h3-7,9,11-14H,8,10H2,1-2H3,(H,33,35). The molecule has 0 spiro atoms. The van der Waals surface area contributed by atoms with Crippen molar-refractivity contribution in [1.82, 2.24) is 19.5 Å². The maximum atomic E-state index is 14.7. The summed E-state index contributed by atoms with van der Waals surface area (Å²) in [5.74, 6) is -0.670. The molecule has 2 aromatic carbocycles. The number of halogens is 4. The van der Waals surface area contributed by atoms with Crippen LogP contribution in [0.3, 0.4) is 0 Å². The first-order chi connectivity index (χ1) is 16.6. The summed E-state index contributed by atoms with van der Waals surface area (Å²) in [4.78, 5) is 25.2. The van der Waals surface area contributed by atoms with Crippen LogP contribution >= 0.6 is 0 Å². The normalized spacial score (nSPS) is 11.5. The number of benzene rings is 2. The lowest BCUT2D eigenvalue weighted by molar-refractivity contribution is -0.138. The third kappa shape index (κ3) is 5.89. The summed E-state index contributed by atoms with van der Waals surface area (Å²) in [6, 6.07) is 7.88. The van der Waals surface area contributed by atoms with E-state index in [1.165, 1.54) is 31.2 Å². The Bertz CT molecular complexity index is 1360. The molecule has 0 fully saturated rings. The first-order valence-electron chi connectivity index (χ1n) is 10.6. The Morgan fingerprint density at radius 1 is 1.03 bits per heavy atom. The molecule has 0 bridgehead atoms. The van der Waals surface area contributed by atoms with Crippen LogP contribution in [0.5, 0.6) is 0 Å². The highest BCUT2D eigenvalue weighted by atomic mass is 19.4. The van der Waals surface area contributed by atoms with E-state index in [1.54, 1.807) is 24.8 Å². The SMILES string of the molecule is Cc1ccc(NC(=O)Cc2ccc(-c3cnc(Cc4cn(C)cn4)nc3)cc2F)cc1C(F)(F)F. The number of anilines is 1. The number of hydrogen-bond acceptors (Lipinski definition) is 4. The number of rotatable bonds is 6. The van der Waals surface area contributed by atoms with Crippen molar-refractivity contribution in [2.45, 2.75) is 25.9 Å². The summed E-state index contributed by atoms with van der Waals surface area (Å²) in [5, 5.41) is 2.40. The second-order valence-corrected chi connectivity index (χ2v) is 8.15. The number of aryl methyl sites for hydroxylation is 2. The van der Waals surface area contributed by atoms with Gasteiger partial charge in [-0.15, -0.1) is 0 Å². The summed E-state index contributed by atoms with van der Waals surface area (Å²) in [5.41, 5.74) is 1.28. The molecule has 1 amide bonds. The lowest BCUT2D eigenvalue weighted by atomic mass is 10.0. The first kappa shape index (κ1) is 24.1. The Morgan fingerprint density at radius 3 is 2.40 bits per heavy atom. The van der Waals surface area contributed by atoms with E-state index < -0.39 is 23.5 Å². The highest BCUT2D eigenvalue weighted by molar-refractivity contribution is 5.92. The van der Waals surface area contributed by atoms with Gasteiger partial charge in [-0.25, -0.2) is 19.3 Å². The minimum atomic E-state index is -4.53. The Labute approximate surface area is 198 Å². The lowest BCUT2D eigenvalue weighted by Gasteiger charge is -2.13. The van der Waals surface area contributed by atoms with Crippen LogP contribution in [0.4, 0.5) is 23.2 Å². The van der Waals surface area contributed by atoms with Gasteiger partial charge >= 0.3 is 6.18 Å². The van der Waals surface area contributed by atoms with E-state index in [4.69, 9.17) is 0 Å². The Balaban J connectivity index is 1.42. The first-order valence-corrected chi connectivity index (χ1v) is 10.6. The van der Waals surface area contributed by atoms with E-state index in [9.17, 15) is 22.4 Å². The van der Waals surface area contributed by atoms with Gasteiger partial charge in [0.2, 0.25) is 5.91 Å². The quantitative estimate of drug-likeness (QED) is 0.387. The van der Waals surface area contributed by atoms with Gasteiger partial charge in [-0.3, -0.25) is 4.79 Å². The molecule has 10 heteroatoms. The largest absolute Gasteiger partial charge is 0.416 e. The van der Waals surface area contributed by atoms with Gasteiger partial charge in [-0.05, 0) is 41.8 Å². The van der Waals surface area contributed by atoms with Crippen LogP contribution in [-0.4, -0.2) is 25.4 Å². The molecular weight excluding hydrogens is 462 g/mol. The van der Waals surface area contributed by atoms with E-state index in [-0.39, 0.29) is 23.2 Å². The third-order valence-electron chi connectivity index (χ3n) is 5.37. The lowest BCUT2D eigenvalue weighted by Crippen LogP contribution is -2.16. The molecule has 180 valence electrons. The molecule has 0 aliphatic rings. The minimum Gasteiger partial charge on any atom is -0.340 e. The summed E-state index contributed by atoms with van der Waals surface area (Å²) >= 11 is 0. The smallest absolute Gasteiger partial charge is 0.340 e. The molecule has 0 saturated heterocycles. The van der Waals surface area contributed by atoms with E-state index in [2.05, 4.69) is 20.3 Å². The fourth-order valence-corrected chi connectivity index (χ4v) is 3.57. The zero-order valence-electron chi connectivity index (χ0n) is 18.9. The van der Waals surface area contributed by atoms with Crippen LogP contribution in [0.1, 0.15) is 28.2 Å². The van der Waals surface area contributed by atoms with Crippen molar-refractivity contribution >= 4 is 11.6 Å². The third-order valence-corrected chi connectivity index (χ3v) is 5.37. The second kappa shape index (κ2) is 9.65.